The number of amides is 1. The van der Waals surface area contributed by atoms with Crippen molar-refractivity contribution in [2.24, 2.45) is 0 Å². The molecule has 1 rings (SSSR count). The SMILES string of the molecule is CCNCC(=O)Nc1ccccc1C(F)(F)F.Cl. The summed E-state index contributed by atoms with van der Waals surface area (Å²) in [7, 11) is 0. The molecule has 0 aromatic heterocycles. The van der Waals surface area contributed by atoms with Gasteiger partial charge in [-0.05, 0) is 18.7 Å². The van der Waals surface area contributed by atoms with Gasteiger partial charge in [0.15, 0.2) is 0 Å². The molecule has 0 fully saturated rings. The van der Waals surface area contributed by atoms with Crippen LogP contribution in [0.25, 0.3) is 0 Å². The van der Waals surface area contributed by atoms with Gasteiger partial charge >= 0.3 is 6.18 Å². The number of anilines is 1. The van der Waals surface area contributed by atoms with Crippen molar-refractivity contribution in [3.05, 3.63) is 29.8 Å². The molecule has 0 saturated heterocycles. The van der Waals surface area contributed by atoms with Crippen LogP contribution in [0, 0.1) is 0 Å². The van der Waals surface area contributed by atoms with Gasteiger partial charge in [-0.1, -0.05) is 19.1 Å². The Bertz CT molecular complexity index is 396. The Morgan fingerprint density at radius 3 is 2.44 bits per heavy atom. The molecule has 1 aromatic carbocycles. The lowest BCUT2D eigenvalue weighted by Crippen LogP contribution is -2.28. The van der Waals surface area contributed by atoms with Gasteiger partial charge in [-0.2, -0.15) is 13.2 Å². The molecule has 1 aromatic rings. The zero-order chi connectivity index (χ0) is 12.9. The number of hydrogen-bond acceptors (Lipinski definition) is 2. The van der Waals surface area contributed by atoms with E-state index in [-0.39, 0.29) is 24.6 Å². The van der Waals surface area contributed by atoms with E-state index in [0.717, 1.165) is 6.07 Å². The summed E-state index contributed by atoms with van der Waals surface area (Å²) in [4.78, 5) is 11.3. The monoisotopic (exact) mass is 282 g/mol. The van der Waals surface area contributed by atoms with Crippen molar-refractivity contribution >= 4 is 24.0 Å². The first kappa shape index (κ1) is 16.7. The van der Waals surface area contributed by atoms with Crippen molar-refractivity contribution in [2.75, 3.05) is 18.4 Å². The highest BCUT2D eigenvalue weighted by Gasteiger charge is 2.33. The van der Waals surface area contributed by atoms with E-state index in [0.29, 0.717) is 6.54 Å². The van der Waals surface area contributed by atoms with Gasteiger partial charge in [0.2, 0.25) is 5.91 Å². The maximum Gasteiger partial charge on any atom is 0.418 e. The standard InChI is InChI=1S/C11H13F3N2O.ClH/c1-2-15-7-10(17)16-9-6-4-3-5-8(9)11(12,13)14;/h3-6,15H,2,7H2,1H3,(H,16,17);1H. The number of benzene rings is 1. The minimum Gasteiger partial charge on any atom is -0.324 e. The molecular weight excluding hydrogens is 269 g/mol. The fourth-order valence-electron chi connectivity index (χ4n) is 1.27. The second-order valence-electron chi connectivity index (χ2n) is 3.37. The van der Waals surface area contributed by atoms with Crippen LogP contribution in [0.4, 0.5) is 18.9 Å². The normalized spacial score (nSPS) is 10.7. The van der Waals surface area contributed by atoms with Gasteiger partial charge in [0.1, 0.15) is 0 Å². The van der Waals surface area contributed by atoms with Crippen LogP contribution in [0.2, 0.25) is 0 Å². The quantitative estimate of drug-likeness (QED) is 0.891. The van der Waals surface area contributed by atoms with Gasteiger partial charge in [-0.15, -0.1) is 12.4 Å². The van der Waals surface area contributed by atoms with Crippen LogP contribution in [-0.2, 0) is 11.0 Å². The second kappa shape index (κ2) is 7.23. The summed E-state index contributed by atoms with van der Waals surface area (Å²) in [5.74, 6) is -0.497. The topological polar surface area (TPSA) is 41.1 Å². The van der Waals surface area contributed by atoms with E-state index in [2.05, 4.69) is 10.6 Å². The number of alkyl halides is 3. The number of hydrogen-bond donors (Lipinski definition) is 2. The Morgan fingerprint density at radius 1 is 1.28 bits per heavy atom. The van der Waals surface area contributed by atoms with Crippen LogP contribution >= 0.6 is 12.4 Å². The van der Waals surface area contributed by atoms with Crippen molar-refractivity contribution in [3.63, 3.8) is 0 Å². The first-order chi connectivity index (χ1) is 7.95. The smallest absolute Gasteiger partial charge is 0.324 e. The summed E-state index contributed by atoms with van der Waals surface area (Å²) in [5.41, 5.74) is -1.06. The Hall–Kier alpha value is -1.27. The Labute approximate surface area is 109 Å². The summed E-state index contributed by atoms with van der Waals surface area (Å²) < 4.78 is 37.8. The first-order valence-corrected chi connectivity index (χ1v) is 5.12. The zero-order valence-corrected chi connectivity index (χ0v) is 10.5. The minimum atomic E-state index is -4.47. The predicted octanol–water partition coefficient (Wildman–Crippen LogP) is 2.68. The molecule has 0 aliphatic heterocycles. The average Bonchev–Trinajstić information content (AvgIpc) is 2.25. The molecule has 18 heavy (non-hydrogen) atoms. The Morgan fingerprint density at radius 2 is 1.89 bits per heavy atom. The van der Waals surface area contributed by atoms with E-state index in [1.165, 1.54) is 18.2 Å². The highest BCUT2D eigenvalue weighted by molar-refractivity contribution is 5.93. The lowest BCUT2D eigenvalue weighted by atomic mass is 10.1. The van der Waals surface area contributed by atoms with E-state index in [1.807, 2.05) is 0 Å². The molecule has 3 nitrogen and oxygen atoms in total. The number of rotatable bonds is 4. The predicted molar refractivity (Wildman–Crippen MR) is 65.9 cm³/mol. The number of likely N-dealkylation sites (N-methyl/N-ethyl adjacent to an activating group) is 1. The molecule has 1 amide bonds. The summed E-state index contributed by atoms with van der Waals surface area (Å²) >= 11 is 0. The van der Waals surface area contributed by atoms with E-state index >= 15 is 0 Å². The Balaban J connectivity index is 0.00000289. The molecule has 0 atom stereocenters. The van der Waals surface area contributed by atoms with Gasteiger partial charge < -0.3 is 10.6 Å². The number of nitrogens with one attached hydrogen (secondary N) is 2. The van der Waals surface area contributed by atoms with E-state index in [9.17, 15) is 18.0 Å². The van der Waals surface area contributed by atoms with Crippen LogP contribution in [0.1, 0.15) is 12.5 Å². The van der Waals surface area contributed by atoms with Gasteiger partial charge in [-0.25, -0.2) is 0 Å². The molecule has 0 heterocycles. The van der Waals surface area contributed by atoms with Gasteiger partial charge in [0.25, 0.3) is 0 Å². The molecular formula is C11H14ClF3N2O. The van der Waals surface area contributed by atoms with Gasteiger partial charge in [-0.3, -0.25) is 4.79 Å². The van der Waals surface area contributed by atoms with Crippen LogP contribution in [-0.4, -0.2) is 19.0 Å². The first-order valence-electron chi connectivity index (χ1n) is 5.12. The van der Waals surface area contributed by atoms with Crippen molar-refractivity contribution in [3.8, 4) is 0 Å². The second-order valence-corrected chi connectivity index (χ2v) is 3.37. The van der Waals surface area contributed by atoms with Crippen molar-refractivity contribution in [1.82, 2.24) is 5.32 Å². The van der Waals surface area contributed by atoms with Crippen LogP contribution < -0.4 is 10.6 Å². The van der Waals surface area contributed by atoms with E-state index < -0.39 is 17.6 Å². The van der Waals surface area contributed by atoms with Crippen molar-refractivity contribution < 1.29 is 18.0 Å². The molecule has 0 saturated carbocycles. The minimum absolute atomic E-state index is 0. The number of carbonyl (C=O) groups is 1. The summed E-state index contributed by atoms with van der Waals surface area (Å²) in [5, 5.41) is 4.96. The van der Waals surface area contributed by atoms with Gasteiger partial charge in [0.05, 0.1) is 17.8 Å². The number of para-hydroxylation sites is 1. The molecule has 102 valence electrons. The largest absolute Gasteiger partial charge is 0.418 e. The van der Waals surface area contributed by atoms with Gasteiger partial charge in [0, 0.05) is 0 Å². The van der Waals surface area contributed by atoms with Crippen LogP contribution in [0.3, 0.4) is 0 Å². The fourth-order valence-corrected chi connectivity index (χ4v) is 1.27. The van der Waals surface area contributed by atoms with E-state index in [1.54, 1.807) is 6.92 Å². The third-order valence-corrected chi connectivity index (χ3v) is 2.04. The van der Waals surface area contributed by atoms with Crippen LogP contribution in [0.15, 0.2) is 24.3 Å². The molecule has 0 aliphatic rings. The molecule has 2 N–H and O–H groups in total. The van der Waals surface area contributed by atoms with Crippen molar-refractivity contribution in [2.45, 2.75) is 13.1 Å². The molecule has 7 heteroatoms. The third-order valence-electron chi connectivity index (χ3n) is 2.04. The van der Waals surface area contributed by atoms with Crippen LogP contribution in [0.5, 0.6) is 0 Å². The summed E-state index contributed by atoms with van der Waals surface area (Å²) in [6.45, 7) is 2.37. The fraction of sp³-hybridized carbons (Fsp3) is 0.364. The molecule has 0 spiro atoms. The lowest BCUT2D eigenvalue weighted by Gasteiger charge is -2.13. The van der Waals surface area contributed by atoms with Crippen molar-refractivity contribution in [1.29, 1.82) is 0 Å². The van der Waals surface area contributed by atoms with E-state index in [4.69, 9.17) is 0 Å². The Kier molecular flexibility index (Phi) is 6.72. The lowest BCUT2D eigenvalue weighted by molar-refractivity contribution is -0.137. The number of halogens is 4. The zero-order valence-electron chi connectivity index (χ0n) is 9.67. The molecule has 0 bridgehead atoms. The summed E-state index contributed by atoms with van der Waals surface area (Å²) in [6, 6.07) is 4.89. The molecule has 0 radical (unpaired) electrons. The number of carbonyl (C=O) groups excluding carboxylic acids is 1. The maximum absolute atomic E-state index is 12.6. The summed E-state index contributed by atoms with van der Waals surface area (Å²) in [6.07, 6.45) is -4.47. The highest BCUT2D eigenvalue weighted by Crippen LogP contribution is 2.34. The third kappa shape index (κ3) is 4.93. The molecule has 0 unspecified atom stereocenters. The molecule has 0 aliphatic carbocycles. The average molecular weight is 283 g/mol. The maximum atomic E-state index is 12.6. The highest BCUT2D eigenvalue weighted by atomic mass is 35.5.